The van der Waals surface area contributed by atoms with Gasteiger partial charge in [0, 0.05) is 26.6 Å². The van der Waals surface area contributed by atoms with Gasteiger partial charge in [-0.2, -0.15) is 0 Å². The van der Waals surface area contributed by atoms with Gasteiger partial charge in [-0.1, -0.05) is 6.92 Å². The Hall–Kier alpha value is -0.620. The minimum atomic E-state index is -3.22. The summed E-state index contributed by atoms with van der Waals surface area (Å²) in [5.41, 5.74) is 0. The molecular weight excluding hydrogens is 215 g/mol. The van der Waals surface area contributed by atoms with Crippen LogP contribution in [0.15, 0.2) is 0 Å². The van der Waals surface area contributed by atoms with Crippen molar-refractivity contribution in [2.24, 2.45) is 5.92 Å². The highest BCUT2D eigenvalue weighted by atomic mass is 31.2. The zero-order valence-corrected chi connectivity index (χ0v) is 10.5. The third-order valence-electron chi connectivity index (χ3n) is 2.04. The third kappa shape index (κ3) is 5.13. The fourth-order valence-electron chi connectivity index (χ4n) is 0.919. The Bertz CT molecular complexity index is 305. The summed E-state index contributed by atoms with van der Waals surface area (Å²) < 4.78 is 21.0. The van der Waals surface area contributed by atoms with Gasteiger partial charge in [0.25, 0.3) is 0 Å². The number of Topliss-reactive ketones (excluding diaryl/α,β-unsaturated/α-hetero) is 1. The normalized spacial score (nSPS) is 12.8. The molecule has 4 nitrogen and oxygen atoms in total. The van der Waals surface area contributed by atoms with Crippen LogP contribution in [0.25, 0.3) is 0 Å². The number of rotatable bonds is 6. The van der Waals surface area contributed by atoms with Crippen molar-refractivity contribution in [1.82, 2.24) is 0 Å². The van der Waals surface area contributed by atoms with Crippen LogP contribution in [0.5, 0.6) is 0 Å². The Morgan fingerprint density at radius 1 is 1.40 bits per heavy atom. The zero-order valence-electron chi connectivity index (χ0n) is 9.57. The van der Waals surface area contributed by atoms with Crippen LogP contribution in [0.1, 0.15) is 20.3 Å². The van der Waals surface area contributed by atoms with E-state index in [-0.39, 0.29) is 17.9 Å². The van der Waals surface area contributed by atoms with Crippen LogP contribution >= 0.6 is 7.60 Å². The Kier molecular flexibility index (Phi) is 6.51. The van der Waals surface area contributed by atoms with Crippen LogP contribution in [0.2, 0.25) is 0 Å². The molecule has 1 atom stereocenters. The van der Waals surface area contributed by atoms with Gasteiger partial charge in [0.2, 0.25) is 0 Å². The molecule has 0 aromatic rings. The van der Waals surface area contributed by atoms with Crippen molar-refractivity contribution in [3.8, 4) is 11.8 Å². The van der Waals surface area contributed by atoms with Crippen LogP contribution in [0, 0.1) is 17.8 Å². The van der Waals surface area contributed by atoms with E-state index in [0.29, 0.717) is 6.42 Å². The molecular formula is C10H17O4P. The summed E-state index contributed by atoms with van der Waals surface area (Å²) >= 11 is 0. The minimum absolute atomic E-state index is 0.148. The Morgan fingerprint density at radius 3 is 2.33 bits per heavy atom. The van der Waals surface area contributed by atoms with E-state index in [9.17, 15) is 9.36 Å². The van der Waals surface area contributed by atoms with E-state index in [4.69, 9.17) is 0 Å². The van der Waals surface area contributed by atoms with Crippen molar-refractivity contribution in [1.29, 1.82) is 0 Å². The molecule has 86 valence electrons. The van der Waals surface area contributed by atoms with E-state index in [2.05, 4.69) is 20.9 Å². The van der Waals surface area contributed by atoms with Gasteiger partial charge in [-0.05, 0) is 6.92 Å². The molecule has 0 bridgehead atoms. The Balaban J connectivity index is 4.33. The molecule has 5 heteroatoms. The first-order chi connectivity index (χ1) is 6.99. The molecule has 0 aliphatic rings. The van der Waals surface area contributed by atoms with E-state index in [1.165, 1.54) is 14.2 Å². The predicted molar refractivity (Wildman–Crippen MR) is 58.7 cm³/mol. The first kappa shape index (κ1) is 14.4. The monoisotopic (exact) mass is 232 g/mol. The van der Waals surface area contributed by atoms with Gasteiger partial charge in [-0.3, -0.25) is 9.36 Å². The largest absolute Gasteiger partial charge is 0.337 e. The summed E-state index contributed by atoms with van der Waals surface area (Å²) in [5, 5.41) is 0. The van der Waals surface area contributed by atoms with Gasteiger partial charge >= 0.3 is 7.60 Å². The van der Waals surface area contributed by atoms with Crippen LogP contribution in [0.3, 0.4) is 0 Å². The summed E-state index contributed by atoms with van der Waals surface area (Å²) in [6.07, 6.45) is 0.287. The first-order valence-electron chi connectivity index (χ1n) is 4.62. The van der Waals surface area contributed by atoms with Gasteiger partial charge in [-0.15, -0.1) is 11.8 Å². The fourth-order valence-corrected chi connectivity index (χ4v) is 2.02. The maximum absolute atomic E-state index is 11.6. The first-order valence-corrected chi connectivity index (χ1v) is 6.34. The fraction of sp³-hybridized carbons (Fsp3) is 0.700. The standard InChI is InChI=1S/C10H17O4P/c1-5-6-7-9(2)10(11)8-15(12,13-3)14-4/h9H,7-8H2,1-4H3/t9-/m1/s1. The quantitative estimate of drug-likeness (QED) is 0.519. The molecule has 0 aromatic carbocycles. The number of carbonyl (C=O) groups is 1. The second-order valence-electron chi connectivity index (χ2n) is 3.13. The lowest BCUT2D eigenvalue weighted by atomic mass is 10.0. The summed E-state index contributed by atoms with van der Waals surface area (Å²) in [6.45, 7) is 3.47. The van der Waals surface area contributed by atoms with Gasteiger partial charge in [0.15, 0.2) is 0 Å². The highest BCUT2D eigenvalue weighted by Crippen LogP contribution is 2.46. The maximum Gasteiger partial charge on any atom is 0.337 e. The summed E-state index contributed by atoms with van der Waals surface area (Å²) in [4.78, 5) is 11.6. The van der Waals surface area contributed by atoms with Crippen LogP contribution in [0.4, 0.5) is 0 Å². The second-order valence-corrected chi connectivity index (χ2v) is 5.40. The molecule has 15 heavy (non-hydrogen) atoms. The zero-order chi connectivity index (χ0) is 11.9. The van der Waals surface area contributed by atoms with Crippen molar-refractivity contribution in [2.45, 2.75) is 20.3 Å². The molecule has 0 aliphatic heterocycles. The highest BCUT2D eigenvalue weighted by Gasteiger charge is 2.27. The minimum Gasteiger partial charge on any atom is -0.312 e. The van der Waals surface area contributed by atoms with Crippen molar-refractivity contribution < 1.29 is 18.4 Å². The molecule has 0 aliphatic carbocycles. The Morgan fingerprint density at radius 2 is 1.93 bits per heavy atom. The van der Waals surface area contributed by atoms with E-state index >= 15 is 0 Å². The average molecular weight is 232 g/mol. The van der Waals surface area contributed by atoms with Crippen molar-refractivity contribution in [3.63, 3.8) is 0 Å². The molecule has 0 saturated carbocycles. The van der Waals surface area contributed by atoms with Gasteiger partial charge in [0.1, 0.15) is 11.9 Å². The topological polar surface area (TPSA) is 52.6 Å². The lowest BCUT2D eigenvalue weighted by molar-refractivity contribution is -0.120. The number of hydrogen-bond acceptors (Lipinski definition) is 4. The average Bonchev–Trinajstić information content (AvgIpc) is 2.25. The van der Waals surface area contributed by atoms with E-state index in [0.717, 1.165) is 0 Å². The molecule has 0 fully saturated rings. The summed E-state index contributed by atoms with van der Waals surface area (Å²) in [6, 6.07) is 0. The molecule has 0 radical (unpaired) electrons. The molecule has 0 N–H and O–H groups in total. The van der Waals surface area contributed by atoms with Crippen LogP contribution in [-0.2, 0) is 18.4 Å². The van der Waals surface area contributed by atoms with Crippen LogP contribution < -0.4 is 0 Å². The molecule has 0 aromatic heterocycles. The van der Waals surface area contributed by atoms with Crippen LogP contribution in [-0.4, -0.2) is 26.2 Å². The maximum atomic E-state index is 11.6. The van der Waals surface area contributed by atoms with E-state index in [1.54, 1.807) is 13.8 Å². The van der Waals surface area contributed by atoms with Crippen molar-refractivity contribution >= 4 is 13.4 Å². The van der Waals surface area contributed by atoms with Gasteiger partial charge in [-0.25, -0.2) is 0 Å². The van der Waals surface area contributed by atoms with Gasteiger partial charge in [0.05, 0.1) is 0 Å². The number of carbonyl (C=O) groups excluding carboxylic acids is 1. The second kappa shape index (κ2) is 6.79. The van der Waals surface area contributed by atoms with Crippen molar-refractivity contribution in [2.75, 3.05) is 20.4 Å². The number of ketones is 1. The Labute approximate surface area is 90.9 Å². The highest BCUT2D eigenvalue weighted by molar-refractivity contribution is 7.54. The molecule has 0 saturated heterocycles. The molecule has 0 amide bonds. The summed E-state index contributed by atoms with van der Waals surface area (Å²) in [5.74, 6) is 5.13. The van der Waals surface area contributed by atoms with Crippen molar-refractivity contribution in [3.05, 3.63) is 0 Å². The summed E-state index contributed by atoms with van der Waals surface area (Å²) in [7, 11) is -0.677. The molecule has 0 unspecified atom stereocenters. The molecule has 0 heterocycles. The van der Waals surface area contributed by atoms with E-state index in [1.807, 2.05) is 0 Å². The smallest absolute Gasteiger partial charge is 0.312 e. The molecule has 0 rings (SSSR count). The third-order valence-corrected chi connectivity index (χ3v) is 3.85. The van der Waals surface area contributed by atoms with E-state index < -0.39 is 7.60 Å². The lowest BCUT2D eigenvalue weighted by Gasteiger charge is -2.14. The lowest BCUT2D eigenvalue weighted by Crippen LogP contribution is -2.16. The SMILES string of the molecule is CC#CC[C@@H](C)C(=O)CP(=O)(OC)OC. The predicted octanol–water partition coefficient (Wildman–Crippen LogP) is 2.09. The number of hydrogen-bond donors (Lipinski definition) is 0. The molecule has 0 spiro atoms. The van der Waals surface area contributed by atoms with Gasteiger partial charge < -0.3 is 9.05 Å².